The number of esters is 1. The standard InChI is InChI=1S/C17H30O.C14H24O2.C13H20O2.C12H20O.C10H17N.C10H16O2.C9H14.C7H10O2.C5H6/c1-3-5-6-7-8-9-14-18-15-17-12-10-16(4-2)11-13-17;1-2-3-4-5-6-7-10-16-13-14-8-11-15-12-9-14;1-2-3-4-5-6-7-11-15-13(14)12-9-8-10-12;1-2-3-4-5-6-7-10-13-11-12-8-9-12;1-3-4-7-11-8-5-10(2)6-9-11;1-2-3-4-5-6-7-10-11-8-9-12-10;1-2-6-9-7-4-3-5-8-9;1-2-3-4-7-8-5-6-9-7;1-2-5-3-4-5/h1,16-17H,4-15H2,2H3;1,14H,3-13H2;1,12H,3-11H2;1,12H,3-11H2;1,10H,4-9H2,2H3;1,10H,3-9H2;1,9H,3-8H2;1,7H,3-6H2;1,5H,3-4H2. The van der Waals surface area contributed by atoms with Crippen LogP contribution in [0.5, 0.6) is 0 Å². The first-order valence-electron chi connectivity index (χ1n) is 43.7. The van der Waals surface area contributed by atoms with Crippen LogP contribution in [0, 0.1) is 158 Å². The Morgan fingerprint density at radius 2 is 0.769 bits per heavy atom. The molecule has 11 heteroatoms. The fraction of sp³-hybridized carbons (Fsp3) is 0.804. The molecule has 108 heavy (non-hydrogen) atoms. The largest absolute Gasteiger partial charge is 0.465 e. The number of nitrogens with zero attached hydrogens (tertiary/aromatic N) is 1. The number of unbranched alkanes of at least 4 members (excludes halogenated alkanes) is 19. The van der Waals surface area contributed by atoms with E-state index in [4.69, 9.17) is 100 Å². The summed E-state index contributed by atoms with van der Waals surface area (Å²) in [5, 5.41) is 0. The van der Waals surface area contributed by atoms with Crippen LogP contribution in [-0.4, -0.2) is 129 Å². The average Bonchev–Trinajstić information content (AvgIpc) is 1.12. The van der Waals surface area contributed by atoms with E-state index in [1.54, 1.807) is 0 Å². The van der Waals surface area contributed by atoms with E-state index in [2.05, 4.69) is 72.0 Å². The summed E-state index contributed by atoms with van der Waals surface area (Å²) in [6.45, 7) is 19.4. The SMILES string of the molecule is C#CC1CC1.C#CCC1CCCCC1.C#CCCC1OCCO1.C#CCCCCCC1OCCO1.C#CCCCCCCOC(=O)C1CCC1.C#CCCCCCCOCC1CC1.C#CCCCCCCOCC1CCC(CC)CC1.C#CCCCCCCOCC1CCOCC1.C#CCCN1CCC(C)CC1. The molecule has 0 aromatic heterocycles. The molecular formula is C97H157NO10. The average molecular weight is 1500 g/mol. The van der Waals surface area contributed by atoms with Gasteiger partial charge in [0.1, 0.15) is 0 Å². The van der Waals surface area contributed by atoms with Crippen molar-refractivity contribution in [2.24, 2.45) is 47.3 Å². The van der Waals surface area contributed by atoms with Gasteiger partial charge in [0.25, 0.3) is 0 Å². The molecule has 0 spiro atoms. The minimum absolute atomic E-state index is 0.0184. The molecule has 11 nitrogen and oxygen atoms in total. The van der Waals surface area contributed by atoms with Crippen molar-refractivity contribution in [2.45, 2.75) is 347 Å². The summed E-state index contributed by atoms with van der Waals surface area (Å²) in [6, 6.07) is 0. The molecule has 4 aliphatic heterocycles. The number of carbonyl (C=O) groups excluding carboxylic acids is 1. The summed E-state index contributed by atoms with van der Waals surface area (Å²) in [7, 11) is 0. The van der Waals surface area contributed by atoms with Crippen molar-refractivity contribution in [1.82, 2.24) is 4.90 Å². The van der Waals surface area contributed by atoms with E-state index in [9.17, 15) is 4.79 Å². The molecule has 4 heterocycles. The quantitative estimate of drug-likeness (QED) is 0.0332. The summed E-state index contributed by atoms with van der Waals surface area (Å²) in [4.78, 5) is 13.8. The van der Waals surface area contributed by atoms with Crippen molar-refractivity contribution in [3.63, 3.8) is 0 Å². The molecule has 5 aliphatic carbocycles. The van der Waals surface area contributed by atoms with Crippen LogP contribution >= 0.6 is 0 Å². The predicted octanol–water partition coefficient (Wildman–Crippen LogP) is 21.8. The van der Waals surface area contributed by atoms with Crippen LogP contribution in [-0.2, 0) is 47.4 Å². The van der Waals surface area contributed by atoms with Gasteiger partial charge in [0.2, 0.25) is 0 Å². The number of piperidine rings is 1. The molecule has 9 rings (SSSR count). The highest BCUT2D eigenvalue weighted by Crippen LogP contribution is 2.32. The van der Waals surface area contributed by atoms with Gasteiger partial charge in [0.15, 0.2) is 12.6 Å². The molecule has 0 atom stereocenters. The van der Waals surface area contributed by atoms with Crippen molar-refractivity contribution in [1.29, 1.82) is 0 Å². The number of likely N-dealkylation sites (tertiary alicyclic amines) is 1. The minimum atomic E-state index is -0.0268. The second-order valence-corrected chi connectivity index (χ2v) is 31.0. The number of rotatable bonds is 42. The topological polar surface area (TPSA) is 103 Å². The molecular weight excluding hydrogens is 1340 g/mol. The number of ether oxygens (including phenoxy) is 9. The van der Waals surface area contributed by atoms with Crippen LogP contribution in [0.3, 0.4) is 0 Å². The molecule has 0 aromatic carbocycles. The zero-order valence-corrected chi connectivity index (χ0v) is 69.2. The molecule has 5 saturated carbocycles. The first-order valence-corrected chi connectivity index (χ1v) is 43.7. The molecule has 0 bridgehead atoms. The van der Waals surface area contributed by atoms with E-state index in [1.165, 1.54) is 212 Å². The Labute approximate surface area is 666 Å². The Morgan fingerprint density at radius 3 is 1.15 bits per heavy atom. The van der Waals surface area contributed by atoms with Crippen LogP contribution in [0.15, 0.2) is 0 Å². The summed E-state index contributed by atoms with van der Waals surface area (Å²) in [6.07, 6.45) is 105. The van der Waals surface area contributed by atoms with Gasteiger partial charge < -0.3 is 47.5 Å². The summed E-state index contributed by atoms with van der Waals surface area (Å²) < 4.78 is 48.4. The van der Waals surface area contributed by atoms with Crippen LogP contribution < -0.4 is 0 Å². The number of carbonyl (C=O) groups is 1. The molecule has 0 N–H and O–H groups in total. The highest BCUT2D eigenvalue weighted by molar-refractivity contribution is 5.73. The van der Waals surface area contributed by atoms with Crippen molar-refractivity contribution in [2.75, 3.05) is 106 Å². The van der Waals surface area contributed by atoms with Gasteiger partial charge in [0, 0.05) is 123 Å². The van der Waals surface area contributed by atoms with Gasteiger partial charge in [0.05, 0.1) is 39.0 Å². The van der Waals surface area contributed by atoms with E-state index in [1.807, 2.05) is 0 Å². The second-order valence-electron chi connectivity index (χ2n) is 31.0. The summed E-state index contributed by atoms with van der Waals surface area (Å²) in [5.41, 5.74) is 0. The third-order valence-corrected chi connectivity index (χ3v) is 21.2. The molecule has 0 aromatic rings. The van der Waals surface area contributed by atoms with Gasteiger partial charge >= 0.3 is 5.97 Å². The first kappa shape index (κ1) is 101. The van der Waals surface area contributed by atoms with Gasteiger partial charge in [-0.2, -0.15) is 0 Å². The Bertz CT molecular complexity index is 2400. The minimum Gasteiger partial charge on any atom is -0.465 e. The summed E-state index contributed by atoms with van der Waals surface area (Å²) in [5.74, 6) is 30.0. The van der Waals surface area contributed by atoms with E-state index in [0.29, 0.717) is 12.5 Å². The molecule has 4 saturated heterocycles. The zero-order valence-electron chi connectivity index (χ0n) is 69.2. The van der Waals surface area contributed by atoms with Gasteiger partial charge in [-0.15, -0.1) is 111 Å². The maximum absolute atomic E-state index is 11.3. The lowest BCUT2D eigenvalue weighted by Crippen LogP contribution is -2.33. The van der Waals surface area contributed by atoms with Gasteiger partial charge in [-0.25, -0.2) is 0 Å². The van der Waals surface area contributed by atoms with Gasteiger partial charge in [-0.05, 0) is 209 Å². The van der Waals surface area contributed by atoms with Crippen molar-refractivity contribution in [3.8, 4) is 111 Å². The van der Waals surface area contributed by atoms with Crippen LogP contribution in [0.1, 0.15) is 335 Å². The molecule has 9 fully saturated rings. The maximum atomic E-state index is 11.3. The van der Waals surface area contributed by atoms with Gasteiger partial charge in [-0.3, -0.25) is 4.79 Å². The zero-order chi connectivity index (χ0) is 78.3. The fourth-order valence-electron chi connectivity index (χ4n) is 13.1. The van der Waals surface area contributed by atoms with Crippen LogP contribution in [0.2, 0.25) is 0 Å². The molecule has 610 valence electrons. The third-order valence-electron chi connectivity index (χ3n) is 21.2. The molecule has 0 unspecified atom stereocenters. The second kappa shape index (κ2) is 78.8. The lowest BCUT2D eigenvalue weighted by atomic mass is 9.81. The Morgan fingerprint density at radius 1 is 0.370 bits per heavy atom. The maximum Gasteiger partial charge on any atom is 0.308 e. The third kappa shape index (κ3) is 68.0. The van der Waals surface area contributed by atoms with Crippen LogP contribution in [0.25, 0.3) is 0 Å². The van der Waals surface area contributed by atoms with E-state index < -0.39 is 0 Å². The first-order chi connectivity index (χ1) is 53.1. The van der Waals surface area contributed by atoms with Crippen LogP contribution in [0.4, 0.5) is 0 Å². The number of hydrogen-bond acceptors (Lipinski definition) is 11. The Balaban J connectivity index is 0.000000616. The van der Waals surface area contributed by atoms with Crippen molar-refractivity contribution in [3.05, 3.63) is 0 Å². The molecule has 9 aliphatic rings. The molecule has 0 radical (unpaired) electrons. The highest BCUT2D eigenvalue weighted by Gasteiger charge is 2.27. The van der Waals surface area contributed by atoms with Crippen molar-refractivity contribution < 1.29 is 47.4 Å². The fourth-order valence-corrected chi connectivity index (χ4v) is 13.1. The normalized spacial score (nSPS) is 19.1. The Hall–Kier alpha value is -4.85. The van der Waals surface area contributed by atoms with E-state index in [-0.39, 0.29) is 24.5 Å². The molecule has 0 amide bonds. The number of hydrogen-bond donors (Lipinski definition) is 0. The van der Waals surface area contributed by atoms with E-state index in [0.717, 1.165) is 243 Å². The highest BCUT2D eigenvalue weighted by atomic mass is 16.7. The Kier molecular flexibility index (Phi) is 73.8. The monoisotopic (exact) mass is 1500 g/mol. The van der Waals surface area contributed by atoms with E-state index >= 15 is 0 Å². The number of terminal acetylenes is 9. The van der Waals surface area contributed by atoms with Crippen molar-refractivity contribution >= 4 is 5.97 Å². The van der Waals surface area contributed by atoms with Gasteiger partial charge in [-0.1, -0.05) is 117 Å². The smallest absolute Gasteiger partial charge is 0.308 e. The lowest BCUT2D eigenvalue weighted by Gasteiger charge is -2.29. The predicted molar refractivity (Wildman–Crippen MR) is 452 cm³/mol. The summed E-state index contributed by atoms with van der Waals surface area (Å²) >= 11 is 0. The lowest BCUT2D eigenvalue weighted by molar-refractivity contribution is -0.151.